The first-order valence-electron chi connectivity index (χ1n) is 5.54. The fraction of sp³-hybridized carbons (Fsp3) is 0. The first kappa shape index (κ1) is 13.8. The maximum absolute atomic E-state index is 12.4. The van der Waals surface area contributed by atoms with Crippen molar-refractivity contribution in [2.75, 3.05) is 0 Å². The Morgan fingerprint density at radius 1 is 0.650 bits per heavy atom. The summed E-state index contributed by atoms with van der Waals surface area (Å²) in [5.41, 5.74) is 0.902. The van der Waals surface area contributed by atoms with Crippen molar-refractivity contribution in [2.24, 2.45) is 0 Å². The number of rotatable bonds is 0. The number of carbonyl (C=O) groups is 2. The lowest BCUT2D eigenvalue weighted by atomic mass is 9.84. The molecule has 4 nitrogen and oxygen atoms in total. The van der Waals surface area contributed by atoms with Gasteiger partial charge in [-0.25, -0.2) is 0 Å². The number of hydrogen-bond acceptors (Lipinski definition) is 4. The van der Waals surface area contributed by atoms with E-state index in [0.29, 0.717) is 7.14 Å². The zero-order valence-corrected chi connectivity index (χ0v) is 14.1. The third kappa shape index (κ3) is 1.93. The summed E-state index contributed by atoms with van der Waals surface area (Å²) >= 11 is 3.79. The summed E-state index contributed by atoms with van der Waals surface area (Å²) in [7, 11) is 0. The van der Waals surface area contributed by atoms with Gasteiger partial charge in [0.05, 0.1) is 7.14 Å². The molecule has 100 valence electrons. The second-order valence-electron chi connectivity index (χ2n) is 4.36. The standard InChI is InChI=1S/C14H6I2O4/c15-9-1-5-7(3-11(9)17)14(20)6-2-10(16)12(18)4-8(6)13(5)19/h1-4,17-18H. The smallest absolute Gasteiger partial charge is 0.194 e. The third-order valence-electron chi connectivity index (χ3n) is 3.15. The molecule has 0 bridgehead atoms. The Morgan fingerprint density at radius 2 is 0.950 bits per heavy atom. The van der Waals surface area contributed by atoms with Gasteiger partial charge < -0.3 is 10.2 Å². The normalized spacial score (nSPS) is 13.1. The van der Waals surface area contributed by atoms with Crippen LogP contribution in [0, 0.1) is 7.14 Å². The molecule has 0 spiro atoms. The molecule has 1 aliphatic rings. The molecule has 0 atom stereocenters. The Kier molecular flexibility index (Phi) is 3.24. The number of fused-ring (bicyclic) bond motifs is 2. The minimum atomic E-state index is -0.320. The van der Waals surface area contributed by atoms with E-state index in [-0.39, 0.29) is 45.3 Å². The van der Waals surface area contributed by atoms with Crippen molar-refractivity contribution in [1.29, 1.82) is 0 Å². The van der Waals surface area contributed by atoms with Crippen LogP contribution in [0.3, 0.4) is 0 Å². The molecule has 0 unspecified atom stereocenters. The first-order valence-corrected chi connectivity index (χ1v) is 7.70. The Bertz CT molecular complexity index is 667. The molecule has 1 aliphatic carbocycles. The largest absolute Gasteiger partial charge is 0.507 e. The predicted molar refractivity (Wildman–Crippen MR) is 88.5 cm³/mol. The van der Waals surface area contributed by atoms with Crippen LogP contribution >= 0.6 is 45.2 Å². The average Bonchev–Trinajstić information content (AvgIpc) is 2.41. The van der Waals surface area contributed by atoms with Gasteiger partial charge in [-0.3, -0.25) is 9.59 Å². The predicted octanol–water partition coefficient (Wildman–Crippen LogP) is 3.08. The molecule has 0 radical (unpaired) electrons. The van der Waals surface area contributed by atoms with Crippen molar-refractivity contribution in [3.05, 3.63) is 53.7 Å². The molecule has 0 aliphatic heterocycles. The first-order chi connectivity index (χ1) is 9.40. The summed E-state index contributed by atoms with van der Waals surface area (Å²) in [6.07, 6.45) is 0. The van der Waals surface area contributed by atoms with Gasteiger partial charge in [0.15, 0.2) is 11.6 Å². The lowest BCUT2D eigenvalue weighted by Gasteiger charge is -2.18. The lowest BCUT2D eigenvalue weighted by molar-refractivity contribution is 0.0978. The maximum atomic E-state index is 12.4. The molecule has 2 N–H and O–H groups in total. The molecular weight excluding hydrogens is 486 g/mol. The molecule has 2 aromatic carbocycles. The highest BCUT2D eigenvalue weighted by Crippen LogP contribution is 2.35. The van der Waals surface area contributed by atoms with E-state index in [2.05, 4.69) is 0 Å². The Hall–Kier alpha value is -1.16. The minimum Gasteiger partial charge on any atom is -0.507 e. The summed E-state index contributed by atoms with van der Waals surface area (Å²) in [6.45, 7) is 0. The Labute approximate surface area is 141 Å². The van der Waals surface area contributed by atoms with E-state index < -0.39 is 0 Å². The number of carbonyl (C=O) groups excluding carboxylic acids is 2. The summed E-state index contributed by atoms with van der Waals surface area (Å²) < 4.78 is 1.00. The van der Waals surface area contributed by atoms with E-state index >= 15 is 0 Å². The van der Waals surface area contributed by atoms with Crippen molar-refractivity contribution in [3.8, 4) is 11.5 Å². The number of hydrogen-bond donors (Lipinski definition) is 2. The number of benzene rings is 2. The summed E-state index contributed by atoms with van der Waals surface area (Å²) in [5.74, 6) is -0.691. The van der Waals surface area contributed by atoms with Crippen molar-refractivity contribution >= 4 is 56.7 Å². The Balaban J connectivity index is 2.33. The van der Waals surface area contributed by atoms with Crippen LogP contribution in [-0.4, -0.2) is 21.8 Å². The van der Waals surface area contributed by atoms with Crippen molar-refractivity contribution < 1.29 is 19.8 Å². The third-order valence-corrected chi connectivity index (χ3v) is 4.88. The van der Waals surface area contributed by atoms with Crippen LogP contribution in [0.4, 0.5) is 0 Å². The zero-order chi connectivity index (χ0) is 14.6. The van der Waals surface area contributed by atoms with Crippen molar-refractivity contribution in [2.45, 2.75) is 0 Å². The van der Waals surface area contributed by atoms with Gasteiger partial charge in [0.25, 0.3) is 0 Å². The minimum absolute atomic E-state index is 0.0255. The zero-order valence-electron chi connectivity index (χ0n) is 9.78. The van der Waals surface area contributed by atoms with Crippen LogP contribution in [-0.2, 0) is 0 Å². The van der Waals surface area contributed by atoms with Crippen LogP contribution in [0.25, 0.3) is 0 Å². The van der Waals surface area contributed by atoms with Crippen LogP contribution in [0.15, 0.2) is 24.3 Å². The second kappa shape index (κ2) is 4.69. The molecule has 0 saturated heterocycles. The number of ketones is 2. The molecule has 0 amide bonds. The number of aromatic hydroxyl groups is 2. The second-order valence-corrected chi connectivity index (χ2v) is 6.68. The quantitative estimate of drug-likeness (QED) is 0.474. The highest BCUT2D eigenvalue weighted by atomic mass is 127. The molecule has 2 aromatic rings. The van der Waals surface area contributed by atoms with Crippen LogP contribution in [0.5, 0.6) is 11.5 Å². The van der Waals surface area contributed by atoms with Gasteiger partial charge in [0.2, 0.25) is 0 Å². The van der Waals surface area contributed by atoms with E-state index in [0.717, 1.165) is 0 Å². The molecule has 0 fully saturated rings. The SMILES string of the molecule is O=C1c2cc(O)c(I)cc2C(=O)c2cc(O)c(I)cc21. The fourth-order valence-electron chi connectivity index (χ4n) is 2.17. The van der Waals surface area contributed by atoms with Gasteiger partial charge in [-0.05, 0) is 69.4 Å². The van der Waals surface area contributed by atoms with E-state index in [1.807, 2.05) is 45.2 Å². The van der Waals surface area contributed by atoms with E-state index in [4.69, 9.17) is 0 Å². The fourth-order valence-corrected chi connectivity index (χ4v) is 3.10. The van der Waals surface area contributed by atoms with E-state index in [1.165, 1.54) is 24.3 Å². The molecule has 0 heterocycles. The number of halogens is 2. The summed E-state index contributed by atoms with van der Waals surface area (Å²) in [6, 6.07) is 5.62. The topological polar surface area (TPSA) is 74.6 Å². The highest BCUT2D eigenvalue weighted by molar-refractivity contribution is 14.1. The number of phenolic OH excluding ortho intramolecular Hbond substituents is 2. The summed E-state index contributed by atoms with van der Waals surface area (Å²) in [4.78, 5) is 24.9. The molecule has 0 aromatic heterocycles. The van der Waals surface area contributed by atoms with Gasteiger partial charge in [-0.2, -0.15) is 0 Å². The highest BCUT2D eigenvalue weighted by Gasteiger charge is 2.31. The van der Waals surface area contributed by atoms with Crippen molar-refractivity contribution in [3.63, 3.8) is 0 Å². The monoisotopic (exact) mass is 492 g/mol. The van der Waals surface area contributed by atoms with Crippen LogP contribution in [0.2, 0.25) is 0 Å². The van der Waals surface area contributed by atoms with E-state index in [1.54, 1.807) is 0 Å². The van der Waals surface area contributed by atoms with Crippen molar-refractivity contribution in [1.82, 2.24) is 0 Å². The van der Waals surface area contributed by atoms with Gasteiger partial charge in [0.1, 0.15) is 11.5 Å². The molecule has 6 heteroatoms. The van der Waals surface area contributed by atoms with Crippen LogP contribution in [0.1, 0.15) is 31.8 Å². The van der Waals surface area contributed by atoms with E-state index in [9.17, 15) is 19.8 Å². The van der Waals surface area contributed by atoms with Gasteiger partial charge in [-0.1, -0.05) is 0 Å². The van der Waals surface area contributed by atoms with Gasteiger partial charge >= 0.3 is 0 Å². The molecule has 0 saturated carbocycles. The molecule has 3 rings (SSSR count). The Morgan fingerprint density at radius 3 is 1.30 bits per heavy atom. The van der Waals surface area contributed by atoms with Crippen LogP contribution < -0.4 is 0 Å². The summed E-state index contributed by atoms with van der Waals surface area (Å²) in [5, 5.41) is 19.4. The lowest BCUT2D eigenvalue weighted by Crippen LogP contribution is -2.21. The molecule has 20 heavy (non-hydrogen) atoms. The van der Waals surface area contributed by atoms with Gasteiger partial charge in [0, 0.05) is 22.3 Å². The molecular formula is C14H6I2O4. The van der Waals surface area contributed by atoms with Gasteiger partial charge in [-0.15, -0.1) is 0 Å². The average molecular weight is 492 g/mol. The maximum Gasteiger partial charge on any atom is 0.194 e. The number of phenols is 2.